The molecule has 0 aromatic carbocycles. The van der Waals surface area contributed by atoms with E-state index in [0.717, 1.165) is 10.8 Å². The number of rotatable bonds is 3. The molecule has 3 heteroatoms. The number of ether oxygens (including phenoxy) is 1. The molecule has 0 aliphatic rings. The van der Waals surface area contributed by atoms with Gasteiger partial charge in [-0.15, -0.1) is 11.8 Å². The molecule has 0 aliphatic carbocycles. The summed E-state index contributed by atoms with van der Waals surface area (Å²) in [5, 5.41) is 0. The zero-order valence-electron chi connectivity index (χ0n) is 7.57. The Hall–Kier alpha value is -0.700. The molecule has 0 saturated heterocycles. The molecule has 12 heavy (non-hydrogen) atoms. The van der Waals surface area contributed by atoms with Crippen LogP contribution >= 0.6 is 11.8 Å². The molecule has 0 aliphatic heterocycles. The average molecular weight is 183 g/mol. The van der Waals surface area contributed by atoms with Gasteiger partial charge in [-0.1, -0.05) is 0 Å². The van der Waals surface area contributed by atoms with Crippen LogP contribution in [0.3, 0.4) is 0 Å². The molecule has 0 N–H and O–H groups in total. The molecule has 0 unspecified atom stereocenters. The number of thioether (sulfide) groups is 1. The summed E-state index contributed by atoms with van der Waals surface area (Å²) in [6, 6.07) is 3.92. The number of pyridine rings is 1. The van der Waals surface area contributed by atoms with Crippen molar-refractivity contribution in [1.29, 1.82) is 0 Å². The van der Waals surface area contributed by atoms with Crippen molar-refractivity contribution in [2.45, 2.75) is 24.8 Å². The fraction of sp³-hybridized carbons (Fsp3) is 0.444. The van der Waals surface area contributed by atoms with Crippen molar-refractivity contribution in [2.24, 2.45) is 0 Å². The van der Waals surface area contributed by atoms with Crippen LogP contribution in [-0.4, -0.2) is 17.3 Å². The van der Waals surface area contributed by atoms with E-state index in [-0.39, 0.29) is 6.10 Å². The van der Waals surface area contributed by atoms with Gasteiger partial charge in [0, 0.05) is 6.20 Å². The second-order valence-corrected chi connectivity index (χ2v) is 3.53. The van der Waals surface area contributed by atoms with Gasteiger partial charge in [-0.25, -0.2) is 4.98 Å². The predicted molar refractivity (Wildman–Crippen MR) is 51.8 cm³/mol. The maximum absolute atomic E-state index is 5.50. The Kier molecular flexibility index (Phi) is 3.41. The van der Waals surface area contributed by atoms with Crippen LogP contribution in [-0.2, 0) is 0 Å². The molecule has 1 heterocycles. The normalized spacial score (nSPS) is 10.3. The first-order valence-electron chi connectivity index (χ1n) is 3.89. The summed E-state index contributed by atoms with van der Waals surface area (Å²) >= 11 is 1.65. The fourth-order valence-corrected chi connectivity index (χ4v) is 1.33. The smallest absolute Gasteiger partial charge is 0.227 e. The standard InChI is InChI=1S/C9H13NOS/c1-7(2)11-9-8(12-3)5-4-6-10-9/h4-7H,1-3H3. The SMILES string of the molecule is CSc1cccnc1OC(C)C. The van der Waals surface area contributed by atoms with Crippen molar-refractivity contribution in [2.75, 3.05) is 6.26 Å². The van der Waals surface area contributed by atoms with Crippen LogP contribution < -0.4 is 4.74 Å². The van der Waals surface area contributed by atoms with Crippen molar-refractivity contribution in [3.8, 4) is 5.88 Å². The molecule has 2 nitrogen and oxygen atoms in total. The Labute approximate surface area is 77.3 Å². The number of aromatic nitrogens is 1. The van der Waals surface area contributed by atoms with E-state index in [9.17, 15) is 0 Å². The third-order valence-corrected chi connectivity index (χ3v) is 2.05. The van der Waals surface area contributed by atoms with E-state index in [4.69, 9.17) is 4.74 Å². The Morgan fingerprint density at radius 1 is 1.50 bits per heavy atom. The largest absolute Gasteiger partial charge is 0.474 e. The first-order valence-corrected chi connectivity index (χ1v) is 5.12. The highest BCUT2D eigenvalue weighted by Gasteiger charge is 2.04. The maximum Gasteiger partial charge on any atom is 0.227 e. The maximum atomic E-state index is 5.50. The summed E-state index contributed by atoms with van der Waals surface area (Å²) in [5.74, 6) is 0.736. The van der Waals surface area contributed by atoms with Crippen molar-refractivity contribution in [3.05, 3.63) is 18.3 Å². The minimum atomic E-state index is 0.186. The van der Waals surface area contributed by atoms with E-state index in [1.165, 1.54) is 0 Å². The number of hydrogen-bond donors (Lipinski definition) is 0. The minimum Gasteiger partial charge on any atom is -0.474 e. The van der Waals surface area contributed by atoms with Gasteiger partial charge < -0.3 is 4.74 Å². The monoisotopic (exact) mass is 183 g/mol. The molecule has 0 spiro atoms. The van der Waals surface area contributed by atoms with Crippen LogP contribution in [0.4, 0.5) is 0 Å². The van der Waals surface area contributed by atoms with Crippen LogP contribution in [0.25, 0.3) is 0 Å². The lowest BCUT2D eigenvalue weighted by atomic mass is 10.4. The van der Waals surface area contributed by atoms with Crippen molar-refractivity contribution in [3.63, 3.8) is 0 Å². The Morgan fingerprint density at radius 3 is 2.83 bits per heavy atom. The first kappa shape index (κ1) is 9.39. The lowest BCUT2D eigenvalue weighted by Crippen LogP contribution is -2.07. The zero-order chi connectivity index (χ0) is 8.97. The molecule has 1 rings (SSSR count). The third kappa shape index (κ3) is 2.41. The fourth-order valence-electron chi connectivity index (χ4n) is 0.843. The number of hydrogen-bond acceptors (Lipinski definition) is 3. The molecule has 0 amide bonds. The molecule has 1 aromatic rings. The zero-order valence-corrected chi connectivity index (χ0v) is 8.39. The van der Waals surface area contributed by atoms with Gasteiger partial charge in [0.1, 0.15) is 0 Å². The molecule has 0 radical (unpaired) electrons. The Balaban J connectivity index is 2.82. The third-order valence-electron chi connectivity index (χ3n) is 1.30. The Morgan fingerprint density at radius 2 is 2.25 bits per heavy atom. The van der Waals surface area contributed by atoms with Gasteiger partial charge in [0.25, 0.3) is 0 Å². The van der Waals surface area contributed by atoms with Gasteiger partial charge in [0.2, 0.25) is 5.88 Å². The number of nitrogens with zero attached hydrogens (tertiary/aromatic N) is 1. The van der Waals surface area contributed by atoms with Crippen LogP contribution in [0.5, 0.6) is 5.88 Å². The molecule has 0 fully saturated rings. The summed E-state index contributed by atoms with van der Waals surface area (Å²) in [4.78, 5) is 5.24. The summed E-state index contributed by atoms with van der Waals surface area (Å²) in [6.45, 7) is 4.00. The first-order chi connectivity index (χ1) is 5.74. The van der Waals surface area contributed by atoms with E-state index in [0.29, 0.717) is 0 Å². The average Bonchev–Trinajstić information content (AvgIpc) is 2.04. The summed E-state index contributed by atoms with van der Waals surface area (Å²) in [5.41, 5.74) is 0. The second kappa shape index (κ2) is 4.36. The molecule has 0 bridgehead atoms. The molecule has 0 saturated carbocycles. The summed E-state index contributed by atoms with van der Waals surface area (Å²) in [7, 11) is 0. The Bertz CT molecular complexity index is 250. The molecule has 1 aromatic heterocycles. The predicted octanol–water partition coefficient (Wildman–Crippen LogP) is 2.59. The van der Waals surface area contributed by atoms with Crippen molar-refractivity contribution in [1.82, 2.24) is 4.98 Å². The molecule has 0 atom stereocenters. The van der Waals surface area contributed by atoms with E-state index in [1.54, 1.807) is 18.0 Å². The van der Waals surface area contributed by atoms with Crippen LogP contribution in [0, 0.1) is 0 Å². The van der Waals surface area contributed by atoms with Gasteiger partial charge in [0.15, 0.2) is 0 Å². The lowest BCUT2D eigenvalue weighted by molar-refractivity contribution is 0.226. The summed E-state index contributed by atoms with van der Waals surface area (Å²) < 4.78 is 5.50. The van der Waals surface area contributed by atoms with E-state index in [1.807, 2.05) is 32.2 Å². The lowest BCUT2D eigenvalue weighted by Gasteiger charge is -2.10. The van der Waals surface area contributed by atoms with Crippen LogP contribution in [0.15, 0.2) is 23.2 Å². The van der Waals surface area contributed by atoms with Crippen LogP contribution in [0.2, 0.25) is 0 Å². The van der Waals surface area contributed by atoms with Gasteiger partial charge in [0.05, 0.1) is 11.0 Å². The van der Waals surface area contributed by atoms with E-state index < -0.39 is 0 Å². The highest BCUT2D eigenvalue weighted by molar-refractivity contribution is 7.98. The van der Waals surface area contributed by atoms with Crippen molar-refractivity contribution < 1.29 is 4.74 Å². The van der Waals surface area contributed by atoms with Gasteiger partial charge in [-0.05, 0) is 32.2 Å². The van der Waals surface area contributed by atoms with Gasteiger partial charge in [-0.3, -0.25) is 0 Å². The van der Waals surface area contributed by atoms with Crippen LogP contribution in [0.1, 0.15) is 13.8 Å². The van der Waals surface area contributed by atoms with E-state index in [2.05, 4.69) is 4.98 Å². The van der Waals surface area contributed by atoms with Crippen molar-refractivity contribution >= 4 is 11.8 Å². The quantitative estimate of drug-likeness (QED) is 0.672. The van der Waals surface area contributed by atoms with Gasteiger partial charge in [-0.2, -0.15) is 0 Å². The molecular weight excluding hydrogens is 170 g/mol. The highest BCUT2D eigenvalue weighted by atomic mass is 32.2. The minimum absolute atomic E-state index is 0.186. The van der Waals surface area contributed by atoms with E-state index >= 15 is 0 Å². The van der Waals surface area contributed by atoms with Gasteiger partial charge >= 0.3 is 0 Å². The highest BCUT2D eigenvalue weighted by Crippen LogP contribution is 2.24. The topological polar surface area (TPSA) is 22.1 Å². The summed E-state index contributed by atoms with van der Waals surface area (Å²) in [6.07, 6.45) is 3.95. The molecule has 66 valence electrons. The second-order valence-electron chi connectivity index (χ2n) is 2.68. The molecular formula is C9H13NOS.